The summed E-state index contributed by atoms with van der Waals surface area (Å²) >= 11 is 0. The van der Waals surface area contributed by atoms with Crippen molar-refractivity contribution in [3.05, 3.63) is 46.0 Å². The molecule has 0 amide bonds. The van der Waals surface area contributed by atoms with Crippen molar-refractivity contribution in [2.24, 2.45) is 5.92 Å². The third kappa shape index (κ3) is 5.11. The predicted octanol–water partition coefficient (Wildman–Crippen LogP) is 4.02. The number of hydrogen-bond donors (Lipinski definition) is 1. The molecule has 2 atom stereocenters. The molecule has 1 N–H and O–H groups in total. The molecular formula is C26H36N6O3. The van der Waals surface area contributed by atoms with E-state index in [2.05, 4.69) is 43.9 Å². The summed E-state index contributed by atoms with van der Waals surface area (Å²) in [6.45, 7) is 6.42. The van der Waals surface area contributed by atoms with E-state index in [4.69, 9.17) is 9.47 Å². The number of nitrogens with zero attached hydrogens (tertiary/aromatic N) is 5. The second-order valence-electron chi connectivity index (χ2n) is 10.3. The first-order valence-electron chi connectivity index (χ1n) is 12.9. The van der Waals surface area contributed by atoms with Crippen LogP contribution < -0.4 is 10.3 Å². The molecule has 1 aromatic carbocycles. The number of H-pyrrole nitrogens is 1. The second kappa shape index (κ2) is 10.5. The van der Waals surface area contributed by atoms with Gasteiger partial charge in [-0.3, -0.25) is 9.69 Å². The summed E-state index contributed by atoms with van der Waals surface area (Å²) in [7, 11) is 1.65. The van der Waals surface area contributed by atoms with Crippen LogP contribution in [0.15, 0.2) is 29.1 Å². The van der Waals surface area contributed by atoms with Crippen LogP contribution in [0.4, 0.5) is 0 Å². The first-order chi connectivity index (χ1) is 17.0. The summed E-state index contributed by atoms with van der Waals surface area (Å²) in [6, 6.07) is 8.00. The zero-order chi connectivity index (χ0) is 24.4. The van der Waals surface area contributed by atoms with Gasteiger partial charge in [0.15, 0.2) is 5.82 Å². The second-order valence-corrected chi connectivity index (χ2v) is 10.3. The number of benzene rings is 1. The van der Waals surface area contributed by atoms with E-state index in [0.29, 0.717) is 18.2 Å². The molecule has 9 heteroatoms. The van der Waals surface area contributed by atoms with Gasteiger partial charge in [-0.25, -0.2) is 4.68 Å². The van der Waals surface area contributed by atoms with E-state index in [-0.39, 0.29) is 23.6 Å². The van der Waals surface area contributed by atoms with Crippen LogP contribution in [0, 0.1) is 5.92 Å². The number of aromatic nitrogens is 5. The molecule has 0 radical (unpaired) electrons. The summed E-state index contributed by atoms with van der Waals surface area (Å²) < 4.78 is 13.5. The lowest BCUT2D eigenvalue weighted by molar-refractivity contribution is 0.0379. The molecule has 2 aromatic heterocycles. The summed E-state index contributed by atoms with van der Waals surface area (Å²) in [5.74, 6) is 1.91. The lowest BCUT2D eigenvalue weighted by Crippen LogP contribution is -2.40. The predicted molar refractivity (Wildman–Crippen MR) is 133 cm³/mol. The van der Waals surface area contributed by atoms with Crippen molar-refractivity contribution in [1.29, 1.82) is 0 Å². The topological polar surface area (TPSA) is 98.2 Å². The Kier molecular flexibility index (Phi) is 7.15. The van der Waals surface area contributed by atoms with Gasteiger partial charge in [0.25, 0.3) is 5.56 Å². The Morgan fingerprint density at radius 2 is 2.03 bits per heavy atom. The average Bonchev–Trinajstić information content (AvgIpc) is 3.62. The van der Waals surface area contributed by atoms with Crippen molar-refractivity contribution < 1.29 is 9.47 Å². The Bertz CT molecular complexity index is 1190. The van der Waals surface area contributed by atoms with Gasteiger partial charge in [-0.05, 0) is 66.3 Å². The molecule has 0 unspecified atom stereocenters. The average molecular weight is 481 g/mol. The molecule has 9 nitrogen and oxygen atoms in total. The number of ether oxygens (including phenoxy) is 2. The smallest absolute Gasteiger partial charge is 0.252 e. The van der Waals surface area contributed by atoms with Crippen LogP contribution in [-0.4, -0.2) is 56.5 Å². The van der Waals surface area contributed by atoms with Crippen molar-refractivity contribution in [2.45, 2.75) is 77.1 Å². The number of pyridine rings is 1. The molecule has 0 spiro atoms. The Hall–Kier alpha value is -2.78. The van der Waals surface area contributed by atoms with Crippen molar-refractivity contribution in [2.75, 3.05) is 20.3 Å². The minimum Gasteiger partial charge on any atom is -0.497 e. The fourth-order valence-corrected chi connectivity index (χ4v) is 5.71. The minimum atomic E-state index is -0.0714. The largest absolute Gasteiger partial charge is 0.497 e. The summed E-state index contributed by atoms with van der Waals surface area (Å²) in [6.07, 6.45) is 6.90. The summed E-state index contributed by atoms with van der Waals surface area (Å²) in [5, 5.41) is 14.0. The highest BCUT2D eigenvalue weighted by atomic mass is 16.5. The highest BCUT2D eigenvalue weighted by Gasteiger charge is 2.34. The standard InChI is InChI=1S/C26H36N6O3/c1-17(2)24(25-28-29-30-32(25)20-7-4-5-8-20)31(16-22-9-6-12-35-22)15-19-13-18-14-21(34-3)10-11-23(18)27-26(19)33/h10-11,13-14,17,20,22,24H,4-9,12,15-16H2,1-3H3,(H,27,33)/t22-,24+/m1/s1. The quantitative estimate of drug-likeness (QED) is 0.494. The maximum atomic E-state index is 13.1. The first-order valence-corrected chi connectivity index (χ1v) is 12.9. The van der Waals surface area contributed by atoms with Gasteiger partial charge >= 0.3 is 0 Å². The molecular weight excluding hydrogens is 444 g/mol. The number of fused-ring (bicyclic) bond motifs is 1. The van der Waals surface area contributed by atoms with Gasteiger partial charge in [-0.1, -0.05) is 26.7 Å². The number of nitrogens with one attached hydrogen (secondary N) is 1. The molecule has 1 aliphatic carbocycles. The minimum absolute atomic E-state index is 0.0322. The normalized spacial score (nSPS) is 19.9. The van der Waals surface area contributed by atoms with Gasteiger partial charge in [0, 0.05) is 36.2 Å². The van der Waals surface area contributed by atoms with Crippen LogP contribution in [0.5, 0.6) is 5.75 Å². The number of hydrogen-bond acceptors (Lipinski definition) is 7. The number of tetrazole rings is 1. The lowest BCUT2D eigenvalue weighted by atomic mass is 9.99. The summed E-state index contributed by atoms with van der Waals surface area (Å²) in [5.41, 5.74) is 1.45. The van der Waals surface area contributed by atoms with Gasteiger partial charge in [-0.2, -0.15) is 0 Å². The van der Waals surface area contributed by atoms with Crippen LogP contribution in [0.3, 0.4) is 0 Å². The maximum Gasteiger partial charge on any atom is 0.252 e. The molecule has 3 aromatic rings. The van der Waals surface area contributed by atoms with Gasteiger partial charge in [0.2, 0.25) is 0 Å². The molecule has 2 aliphatic rings. The van der Waals surface area contributed by atoms with E-state index in [9.17, 15) is 4.79 Å². The number of aromatic amines is 1. The van der Waals surface area contributed by atoms with Crippen LogP contribution >= 0.6 is 0 Å². The monoisotopic (exact) mass is 480 g/mol. The highest BCUT2D eigenvalue weighted by molar-refractivity contribution is 5.80. The lowest BCUT2D eigenvalue weighted by Gasteiger charge is -2.35. The molecule has 35 heavy (non-hydrogen) atoms. The SMILES string of the molecule is COc1ccc2[nH]c(=O)c(CN(C[C@H]3CCCO3)[C@H](c3nnnn3C3CCCC3)C(C)C)cc2c1. The van der Waals surface area contributed by atoms with Crippen LogP contribution in [0.25, 0.3) is 10.9 Å². The maximum absolute atomic E-state index is 13.1. The van der Waals surface area contributed by atoms with E-state index in [1.807, 2.05) is 24.3 Å². The van der Waals surface area contributed by atoms with E-state index in [1.54, 1.807) is 7.11 Å². The summed E-state index contributed by atoms with van der Waals surface area (Å²) in [4.78, 5) is 18.5. The Morgan fingerprint density at radius 1 is 1.20 bits per heavy atom. The molecule has 0 bridgehead atoms. The Morgan fingerprint density at radius 3 is 2.74 bits per heavy atom. The molecule has 5 rings (SSSR count). The third-order valence-corrected chi connectivity index (χ3v) is 7.44. The fraction of sp³-hybridized carbons (Fsp3) is 0.615. The van der Waals surface area contributed by atoms with E-state index >= 15 is 0 Å². The third-order valence-electron chi connectivity index (χ3n) is 7.44. The van der Waals surface area contributed by atoms with E-state index < -0.39 is 0 Å². The van der Waals surface area contributed by atoms with Gasteiger partial charge in [0.1, 0.15) is 5.75 Å². The Labute approximate surface area is 205 Å². The molecule has 1 saturated heterocycles. The van der Waals surface area contributed by atoms with E-state index in [1.165, 1.54) is 12.8 Å². The van der Waals surface area contributed by atoms with Gasteiger partial charge in [-0.15, -0.1) is 5.10 Å². The van der Waals surface area contributed by atoms with Crippen LogP contribution in [-0.2, 0) is 11.3 Å². The van der Waals surface area contributed by atoms with Crippen molar-refractivity contribution in [3.63, 3.8) is 0 Å². The number of rotatable bonds is 9. The molecule has 3 heterocycles. The molecule has 1 saturated carbocycles. The van der Waals surface area contributed by atoms with Crippen LogP contribution in [0.1, 0.15) is 75.8 Å². The molecule has 188 valence electrons. The highest BCUT2D eigenvalue weighted by Crippen LogP contribution is 2.35. The fourth-order valence-electron chi connectivity index (χ4n) is 5.71. The molecule has 1 aliphatic heterocycles. The van der Waals surface area contributed by atoms with E-state index in [0.717, 1.165) is 61.3 Å². The molecule has 2 fully saturated rings. The van der Waals surface area contributed by atoms with Crippen molar-refractivity contribution in [3.8, 4) is 5.75 Å². The van der Waals surface area contributed by atoms with Gasteiger partial charge < -0.3 is 14.5 Å². The zero-order valence-electron chi connectivity index (χ0n) is 20.9. The zero-order valence-corrected chi connectivity index (χ0v) is 20.9. The number of methoxy groups -OCH3 is 1. The first kappa shape index (κ1) is 23.9. The Balaban J connectivity index is 1.52. The van der Waals surface area contributed by atoms with Crippen LogP contribution in [0.2, 0.25) is 0 Å². The van der Waals surface area contributed by atoms with Crippen molar-refractivity contribution in [1.82, 2.24) is 30.1 Å². The van der Waals surface area contributed by atoms with Gasteiger partial charge in [0.05, 0.1) is 25.3 Å². The van der Waals surface area contributed by atoms with Crippen molar-refractivity contribution >= 4 is 10.9 Å².